The smallest absolute Gasteiger partial charge is 0.328 e. The second-order valence-electron chi connectivity index (χ2n) is 9.73. The Balaban J connectivity index is 1.81. The van der Waals surface area contributed by atoms with Crippen LogP contribution in [-0.2, 0) is 17.6 Å². The highest BCUT2D eigenvalue weighted by atomic mass is 35.5. The third-order valence-corrected chi connectivity index (χ3v) is 7.72. The largest absolute Gasteiger partial charge is 0.398 e. The van der Waals surface area contributed by atoms with Gasteiger partial charge in [-0.2, -0.15) is 10.2 Å². The molecule has 2 aliphatic rings. The van der Waals surface area contributed by atoms with E-state index in [1.165, 1.54) is 4.90 Å². The summed E-state index contributed by atoms with van der Waals surface area (Å²) in [5, 5.41) is 22.0. The second-order valence-corrected chi connectivity index (χ2v) is 10.1. The van der Waals surface area contributed by atoms with Crippen LogP contribution in [0.1, 0.15) is 44.7 Å². The molecule has 4 rings (SSSR count). The van der Waals surface area contributed by atoms with Crippen LogP contribution < -0.4 is 5.73 Å². The van der Waals surface area contributed by atoms with E-state index in [4.69, 9.17) is 22.3 Å². The summed E-state index contributed by atoms with van der Waals surface area (Å²) in [6.07, 6.45) is 5.26. The summed E-state index contributed by atoms with van der Waals surface area (Å²) >= 11 is 6.26. The molecule has 2 atom stereocenters. The predicted molar refractivity (Wildman–Crippen MR) is 150 cm³/mol. The summed E-state index contributed by atoms with van der Waals surface area (Å²) < 4.78 is 0. The van der Waals surface area contributed by atoms with Crippen LogP contribution in [0.4, 0.5) is 10.5 Å². The van der Waals surface area contributed by atoms with E-state index in [1.807, 2.05) is 49.0 Å². The highest BCUT2D eigenvalue weighted by Gasteiger charge is 2.62. The molecular weight excluding hydrogens is 520 g/mol. The molecule has 39 heavy (non-hydrogen) atoms. The number of amidine groups is 1. The summed E-state index contributed by atoms with van der Waals surface area (Å²) in [7, 11) is 0. The third-order valence-electron chi connectivity index (χ3n) is 7.39. The van der Waals surface area contributed by atoms with Gasteiger partial charge in [0.1, 0.15) is 5.84 Å². The Morgan fingerprint density at radius 1 is 1.13 bits per heavy atom. The molecule has 11 nitrogen and oxygen atoms in total. The average Bonchev–Trinajstić information content (AvgIpc) is 3.26. The van der Waals surface area contributed by atoms with Gasteiger partial charge < -0.3 is 10.8 Å². The summed E-state index contributed by atoms with van der Waals surface area (Å²) in [5.74, 6) is 0.364. The molecule has 2 aliphatic heterocycles. The Morgan fingerprint density at radius 3 is 2.54 bits per heavy atom. The third kappa shape index (κ3) is 5.43. The van der Waals surface area contributed by atoms with E-state index in [-0.39, 0.29) is 18.5 Å². The lowest BCUT2D eigenvalue weighted by Gasteiger charge is -2.51. The number of carbonyl (C=O) groups excluding carboxylic acids is 2. The second kappa shape index (κ2) is 12.3. The van der Waals surface area contributed by atoms with Crippen molar-refractivity contribution in [2.45, 2.75) is 58.2 Å². The number of hydrogen-bond acceptors (Lipinski definition) is 9. The number of fused-ring (bicyclic) bond motifs is 1. The summed E-state index contributed by atoms with van der Waals surface area (Å²) in [6, 6.07) is 6.20. The molecule has 2 unspecified atom stereocenters. The molecule has 0 saturated carbocycles. The maximum atomic E-state index is 14.1. The van der Waals surface area contributed by atoms with E-state index >= 15 is 0 Å². The first-order chi connectivity index (χ1) is 18.8. The number of aliphatic imine (C=N–C) groups is 1. The number of aliphatic hydroxyl groups is 1. The van der Waals surface area contributed by atoms with Gasteiger partial charge in [-0.15, -0.1) is 0 Å². The number of halogens is 1. The Morgan fingerprint density at radius 2 is 1.92 bits per heavy atom. The van der Waals surface area contributed by atoms with E-state index in [0.29, 0.717) is 68.4 Å². The first-order valence-corrected chi connectivity index (χ1v) is 13.8. The van der Waals surface area contributed by atoms with Gasteiger partial charge in [-0.3, -0.25) is 19.6 Å². The number of aromatic nitrogens is 2. The van der Waals surface area contributed by atoms with Crippen LogP contribution in [-0.4, -0.2) is 97.4 Å². The number of nitrogens with zero attached hydrogens (tertiary/aromatic N) is 7. The number of benzene rings is 1. The van der Waals surface area contributed by atoms with Crippen molar-refractivity contribution in [2.24, 2.45) is 4.99 Å². The zero-order chi connectivity index (χ0) is 28.2. The lowest BCUT2D eigenvalue weighted by Crippen LogP contribution is -2.74. The molecule has 0 radical (unpaired) electrons. The van der Waals surface area contributed by atoms with Crippen molar-refractivity contribution >= 4 is 35.1 Å². The normalized spacial score (nSPS) is 21.1. The number of urea groups is 1. The maximum absolute atomic E-state index is 14.1. The first kappa shape index (κ1) is 28.7. The van der Waals surface area contributed by atoms with Crippen molar-refractivity contribution in [3.8, 4) is 0 Å². The van der Waals surface area contributed by atoms with E-state index in [0.717, 1.165) is 11.1 Å². The van der Waals surface area contributed by atoms with E-state index < -0.39 is 11.7 Å². The lowest BCUT2D eigenvalue weighted by atomic mass is 9.91. The molecule has 1 saturated heterocycles. The number of hydrogen-bond donors (Lipinski definition) is 2. The number of nitrogen functional groups attached to an aromatic ring is 1. The van der Waals surface area contributed by atoms with E-state index in [2.05, 4.69) is 10.2 Å². The molecule has 0 spiro atoms. The predicted octanol–water partition coefficient (Wildman–Crippen LogP) is 2.59. The SMILES string of the molecule is CCCN1C(=O)C2N(N(CC)CCO)C(Cc3ccnnc3)=NC2(CC)N(CCc2ccc(N)c(Cl)c2)C1=O. The van der Waals surface area contributed by atoms with Gasteiger partial charge in [-0.25, -0.2) is 14.8 Å². The van der Waals surface area contributed by atoms with Crippen LogP contribution in [0.2, 0.25) is 5.02 Å². The lowest BCUT2D eigenvalue weighted by molar-refractivity contribution is -0.151. The molecular formula is C27H37ClN8O3. The molecule has 1 aromatic heterocycles. The number of amides is 3. The quantitative estimate of drug-likeness (QED) is 0.381. The Labute approximate surface area is 234 Å². The van der Waals surface area contributed by atoms with Crippen LogP contribution >= 0.6 is 11.6 Å². The Kier molecular flexibility index (Phi) is 9.04. The van der Waals surface area contributed by atoms with Gasteiger partial charge in [0.2, 0.25) is 0 Å². The fourth-order valence-electron chi connectivity index (χ4n) is 5.48. The number of likely N-dealkylation sites (N-methyl/N-ethyl adjacent to an activating group) is 1. The van der Waals surface area contributed by atoms with Crippen molar-refractivity contribution in [3.05, 3.63) is 52.8 Å². The molecule has 210 valence electrons. The van der Waals surface area contributed by atoms with Crippen molar-refractivity contribution < 1.29 is 14.7 Å². The highest BCUT2D eigenvalue weighted by Crippen LogP contribution is 2.42. The fraction of sp³-hybridized carbons (Fsp3) is 0.519. The molecule has 0 aliphatic carbocycles. The van der Waals surface area contributed by atoms with E-state index in [1.54, 1.807) is 23.4 Å². The van der Waals surface area contributed by atoms with Crippen molar-refractivity contribution in [1.29, 1.82) is 0 Å². The van der Waals surface area contributed by atoms with Gasteiger partial charge in [0.15, 0.2) is 11.7 Å². The standard InChI is InChI=1S/C27H37ClN8O3/c1-4-12-34-25(38)24-27(5-2,35(26(34)39)13-10-19-7-8-22(29)21(28)16-19)32-23(17-20-9-11-30-31-18-20)36(24)33(6-3)14-15-37/h7-9,11,16,18,24,37H,4-6,10,12-15,17,29H2,1-3H3. The molecule has 2 aromatic rings. The molecule has 12 heteroatoms. The topological polar surface area (TPSA) is 131 Å². The van der Waals surface area contributed by atoms with Crippen LogP contribution in [0.15, 0.2) is 41.7 Å². The zero-order valence-corrected chi connectivity index (χ0v) is 23.5. The van der Waals surface area contributed by atoms with Gasteiger partial charge in [-0.05, 0) is 48.6 Å². The van der Waals surface area contributed by atoms with Gasteiger partial charge in [-0.1, -0.05) is 38.4 Å². The minimum absolute atomic E-state index is 0.0896. The molecule has 3 N–H and O–H groups in total. The molecule has 3 heterocycles. The maximum Gasteiger partial charge on any atom is 0.328 e. The number of anilines is 1. The molecule has 1 fully saturated rings. The van der Waals surface area contributed by atoms with Gasteiger partial charge in [0.25, 0.3) is 5.91 Å². The number of rotatable bonds is 12. The number of nitrogens with two attached hydrogens (primary N) is 1. The van der Waals surface area contributed by atoms with Crippen molar-refractivity contribution in [2.75, 3.05) is 38.5 Å². The van der Waals surface area contributed by atoms with Gasteiger partial charge in [0, 0.05) is 38.8 Å². The Bertz CT molecular complexity index is 1210. The fourth-order valence-corrected chi connectivity index (χ4v) is 5.68. The van der Waals surface area contributed by atoms with Crippen LogP contribution in [0.25, 0.3) is 0 Å². The minimum atomic E-state index is -1.12. The van der Waals surface area contributed by atoms with E-state index in [9.17, 15) is 14.7 Å². The van der Waals surface area contributed by atoms with Crippen LogP contribution in [0.5, 0.6) is 0 Å². The first-order valence-electron chi connectivity index (χ1n) is 13.5. The van der Waals surface area contributed by atoms with Crippen LogP contribution in [0.3, 0.4) is 0 Å². The molecule has 1 aromatic carbocycles. The van der Waals surface area contributed by atoms with Gasteiger partial charge in [0.05, 0.1) is 23.5 Å². The van der Waals surface area contributed by atoms with Crippen molar-refractivity contribution in [3.63, 3.8) is 0 Å². The zero-order valence-electron chi connectivity index (χ0n) is 22.8. The van der Waals surface area contributed by atoms with Gasteiger partial charge >= 0.3 is 6.03 Å². The average molecular weight is 557 g/mol. The molecule has 3 amide bonds. The summed E-state index contributed by atoms with van der Waals surface area (Å²) in [6.45, 7) is 7.29. The summed E-state index contributed by atoms with van der Waals surface area (Å²) in [5.41, 5.74) is 7.08. The number of aliphatic hydroxyl groups excluding tert-OH is 1. The van der Waals surface area contributed by atoms with Crippen molar-refractivity contribution in [1.82, 2.24) is 30.0 Å². The monoisotopic (exact) mass is 556 g/mol. The summed E-state index contributed by atoms with van der Waals surface area (Å²) in [4.78, 5) is 36.3. The number of imide groups is 1. The number of hydrazine groups is 1. The Hall–Kier alpha value is -3.28. The minimum Gasteiger partial charge on any atom is -0.398 e. The molecule has 0 bridgehead atoms. The number of carbonyl (C=O) groups is 2. The highest BCUT2D eigenvalue weighted by molar-refractivity contribution is 6.33. The van der Waals surface area contributed by atoms with Crippen LogP contribution in [0, 0.1) is 0 Å².